The third-order valence-electron chi connectivity index (χ3n) is 4.49. The van der Waals surface area contributed by atoms with E-state index in [0.29, 0.717) is 30.8 Å². The number of benzene rings is 2. The Kier molecular flexibility index (Phi) is 7.12. The van der Waals surface area contributed by atoms with Crippen molar-refractivity contribution in [2.24, 2.45) is 0 Å². The molecular weight excluding hydrogens is 364 g/mol. The predicted octanol–water partition coefficient (Wildman–Crippen LogP) is 2.50. The van der Waals surface area contributed by atoms with Crippen LogP contribution in [0.15, 0.2) is 47.4 Å². The third-order valence-corrected chi connectivity index (χ3v) is 6.03. The molecule has 6 nitrogen and oxygen atoms in total. The van der Waals surface area contributed by atoms with Crippen LogP contribution >= 0.6 is 0 Å². The molecule has 0 unspecified atom stereocenters. The molecule has 0 aromatic heterocycles. The van der Waals surface area contributed by atoms with Crippen LogP contribution in [0.25, 0.3) is 0 Å². The summed E-state index contributed by atoms with van der Waals surface area (Å²) in [6.45, 7) is 4.76. The zero-order valence-electron chi connectivity index (χ0n) is 16.2. The standard InChI is InChI=1S/C20H26N2O4S/c1-15-12-18(13-19(16(15)2)27(24,25)21-3)20(23)22(10-11-26-4)14-17-8-6-5-7-9-17/h5-9,12-13,21H,10-11,14H2,1-4H3. The van der Waals surface area contributed by atoms with E-state index in [1.807, 2.05) is 30.3 Å². The molecule has 0 radical (unpaired) electrons. The molecule has 0 aliphatic carbocycles. The minimum Gasteiger partial charge on any atom is -0.383 e. The molecule has 2 aromatic carbocycles. The highest BCUT2D eigenvalue weighted by molar-refractivity contribution is 7.89. The smallest absolute Gasteiger partial charge is 0.254 e. The Morgan fingerprint density at radius 2 is 1.81 bits per heavy atom. The highest BCUT2D eigenvalue weighted by Gasteiger charge is 2.22. The molecule has 0 fully saturated rings. The van der Waals surface area contributed by atoms with Crippen LogP contribution in [0, 0.1) is 13.8 Å². The number of aryl methyl sites for hydroxylation is 1. The van der Waals surface area contributed by atoms with Crippen molar-refractivity contribution in [3.63, 3.8) is 0 Å². The molecule has 0 saturated heterocycles. The van der Waals surface area contributed by atoms with E-state index in [1.165, 1.54) is 13.1 Å². The van der Waals surface area contributed by atoms with E-state index < -0.39 is 10.0 Å². The number of ether oxygens (including phenoxy) is 1. The lowest BCUT2D eigenvalue weighted by Gasteiger charge is -2.23. The maximum atomic E-state index is 13.1. The van der Waals surface area contributed by atoms with Crippen LogP contribution in [0.1, 0.15) is 27.0 Å². The van der Waals surface area contributed by atoms with Crippen molar-refractivity contribution in [1.29, 1.82) is 0 Å². The van der Waals surface area contributed by atoms with Crippen molar-refractivity contribution in [2.75, 3.05) is 27.3 Å². The van der Waals surface area contributed by atoms with Crippen LogP contribution in [-0.4, -0.2) is 46.5 Å². The van der Waals surface area contributed by atoms with Gasteiger partial charge in [-0.3, -0.25) is 4.79 Å². The fraction of sp³-hybridized carbons (Fsp3) is 0.350. The van der Waals surface area contributed by atoms with Gasteiger partial charge in [0.05, 0.1) is 11.5 Å². The number of carbonyl (C=O) groups excluding carboxylic acids is 1. The molecule has 2 rings (SSSR count). The van der Waals surface area contributed by atoms with Gasteiger partial charge in [-0.15, -0.1) is 0 Å². The first kappa shape index (κ1) is 21.1. The number of amides is 1. The van der Waals surface area contributed by atoms with Crippen molar-refractivity contribution >= 4 is 15.9 Å². The number of methoxy groups -OCH3 is 1. The van der Waals surface area contributed by atoms with Crippen LogP contribution in [0.4, 0.5) is 0 Å². The number of nitrogens with zero attached hydrogens (tertiary/aromatic N) is 1. The van der Waals surface area contributed by atoms with Gasteiger partial charge in [0.25, 0.3) is 5.91 Å². The fourth-order valence-electron chi connectivity index (χ4n) is 2.78. The molecule has 0 heterocycles. The second-order valence-corrected chi connectivity index (χ2v) is 8.18. The van der Waals surface area contributed by atoms with Gasteiger partial charge in [0.15, 0.2) is 0 Å². The van der Waals surface area contributed by atoms with Gasteiger partial charge < -0.3 is 9.64 Å². The van der Waals surface area contributed by atoms with Gasteiger partial charge in [-0.05, 0) is 49.7 Å². The Balaban J connectivity index is 2.42. The number of rotatable bonds is 8. The molecule has 0 aliphatic rings. The van der Waals surface area contributed by atoms with E-state index in [9.17, 15) is 13.2 Å². The van der Waals surface area contributed by atoms with Crippen molar-refractivity contribution in [1.82, 2.24) is 9.62 Å². The average molecular weight is 391 g/mol. The van der Waals surface area contributed by atoms with Crippen molar-refractivity contribution in [3.8, 4) is 0 Å². The SMILES string of the molecule is CNS(=O)(=O)c1cc(C(=O)N(CCOC)Cc2ccccc2)cc(C)c1C. The zero-order valence-corrected chi connectivity index (χ0v) is 17.0. The monoisotopic (exact) mass is 390 g/mol. The van der Waals surface area contributed by atoms with Crippen LogP contribution in [0.2, 0.25) is 0 Å². The van der Waals surface area contributed by atoms with Crippen LogP contribution in [0.3, 0.4) is 0 Å². The molecule has 7 heteroatoms. The van der Waals surface area contributed by atoms with Crippen LogP contribution in [-0.2, 0) is 21.3 Å². The maximum absolute atomic E-state index is 13.1. The Morgan fingerprint density at radius 1 is 1.15 bits per heavy atom. The molecule has 0 saturated carbocycles. The lowest BCUT2D eigenvalue weighted by atomic mass is 10.0. The van der Waals surface area contributed by atoms with Crippen molar-refractivity contribution < 1.29 is 17.9 Å². The summed E-state index contributed by atoms with van der Waals surface area (Å²) in [5, 5.41) is 0. The van der Waals surface area contributed by atoms with Gasteiger partial charge in [-0.2, -0.15) is 0 Å². The minimum absolute atomic E-state index is 0.125. The van der Waals surface area contributed by atoms with E-state index in [0.717, 1.165) is 11.1 Å². The molecule has 0 spiro atoms. The van der Waals surface area contributed by atoms with Gasteiger partial charge in [0.2, 0.25) is 10.0 Å². The highest BCUT2D eigenvalue weighted by atomic mass is 32.2. The number of carbonyl (C=O) groups is 1. The Labute approximate surface area is 161 Å². The predicted molar refractivity (Wildman–Crippen MR) is 105 cm³/mol. The highest BCUT2D eigenvalue weighted by Crippen LogP contribution is 2.22. The van der Waals surface area contributed by atoms with Crippen LogP contribution < -0.4 is 4.72 Å². The molecule has 0 aliphatic heterocycles. The quantitative estimate of drug-likeness (QED) is 0.751. The molecule has 2 aromatic rings. The Bertz CT molecular complexity index is 896. The number of hydrogen-bond donors (Lipinski definition) is 1. The van der Waals surface area contributed by atoms with Crippen molar-refractivity contribution in [3.05, 3.63) is 64.7 Å². The molecular formula is C20H26N2O4S. The summed E-state index contributed by atoms with van der Waals surface area (Å²) in [6, 6.07) is 12.8. The first-order valence-corrected chi connectivity index (χ1v) is 10.2. The van der Waals surface area contributed by atoms with Gasteiger partial charge in [-0.25, -0.2) is 13.1 Å². The van der Waals surface area contributed by atoms with E-state index >= 15 is 0 Å². The van der Waals surface area contributed by atoms with Gasteiger partial charge >= 0.3 is 0 Å². The topological polar surface area (TPSA) is 75.7 Å². The van der Waals surface area contributed by atoms with Crippen LogP contribution in [0.5, 0.6) is 0 Å². The molecule has 146 valence electrons. The first-order chi connectivity index (χ1) is 12.8. The summed E-state index contributed by atoms with van der Waals surface area (Å²) in [5.74, 6) is -0.230. The Hall–Kier alpha value is -2.22. The summed E-state index contributed by atoms with van der Waals surface area (Å²) in [6.07, 6.45) is 0. The maximum Gasteiger partial charge on any atom is 0.254 e. The summed E-state index contributed by atoms with van der Waals surface area (Å²) in [7, 11) is -0.712. The van der Waals surface area contributed by atoms with E-state index in [-0.39, 0.29) is 10.8 Å². The van der Waals surface area contributed by atoms with E-state index in [4.69, 9.17) is 4.74 Å². The zero-order chi connectivity index (χ0) is 20.0. The third kappa shape index (κ3) is 5.15. The van der Waals surface area contributed by atoms with Gasteiger partial charge in [0.1, 0.15) is 0 Å². The normalized spacial score (nSPS) is 11.4. The number of sulfonamides is 1. The first-order valence-electron chi connectivity index (χ1n) is 8.67. The average Bonchev–Trinajstić information content (AvgIpc) is 2.67. The summed E-state index contributed by atoms with van der Waals surface area (Å²) in [5.41, 5.74) is 2.72. The molecule has 0 atom stereocenters. The van der Waals surface area contributed by atoms with Gasteiger partial charge in [0, 0.05) is 25.8 Å². The number of nitrogens with one attached hydrogen (secondary N) is 1. The molecule has 0 bridgehead atoms. The fourth-order valence-corrected chi connectivity index (χ4v) is 3.85. The molecule has 1 amide bonds. The van der Waals surface area contributed by atoms with E-state index in [1.54, 1.807) is 31.9 Å². The summed E-state index contributed by atoms with van der Waals surface area (Å²) >= 11 is 0. The minimum atomic E-state index is -3.65. The van der Waals surface area contributed by atoms with Gasteiger partial charge in [-0.1, -0.05) is 30.3 Å². The lowest BCUT2D eigenvalue weighted by Crippen LogP contribution is -2.34. The second-order valence-electron chi connectivity index (χ2n) is 6.33. The van der Waals surface area contributed by atoms with Crippen molar-refractivity contribution in [2.45, 2.75) is 25.3 Å². The second kappa shape index (κ2) is 9.12. The number of hydrogen-bond acceptors (Lipinski definition) is 4. The summed E-state index contributed by atoms with van der Waals surface area (Å²) in [4.78, 5) is 14.9. The largest absolute Gasteiger partial charge is 0.383 e. The molecule has 1 N–H and O–H groups in total. The molecule has 27 heavy (non-hydrogen) atoms. The lowest BCUT2D eigenvalue weighted by molar-refractivity contribution is 0.0680. The van der Waals surface area contributed by atoms with E-state index in [2.05, 4.69) is 4.72 Å². The summed E-state index contributed by atoms with van der Waals surface area (Å²) < 4.78 is 32.1. The Morgan fingerprint density at radius 3 is 2.41 bits per heavy atom.